The molecule has 0 atom stereocenters. The van der Waals surface area contributed by atoms with Crippen LogP contribution in [0.1, 0.15) is 48.8 Å². The molecule has 1 saturated carbocycles. The van der Waals surface area contributed by atoms with Gasteiger partial charge in [0, 0.05) is 6.54 Å². The van der Waals surface area contributed by atoms with Crippen LogP contribution in [0.4, 0.5) is 0 Å². The first kappa shape index (κ1) is 14.0. The zero-order valence-electron chi connectivity index (χ0n) is 11.1. The fraction of sp³-hybridized carbons (Fsp3) is 0.750. The molecule has 1 aliphatic carbocycles. The molecule has 1 aromatic rings. The second-order valence-electron chi connectivity index (χ2n) is 4.90. The van der Waals surface area contributed by atoms with E-state index in [1.54, 1.807) is 6.92 Å². The molecule has 0 bridgehead atoms. The maximum Gasteiger partial charge on any atom is 0.360 e. The molecule has 106 valence electrons. The molecule has 3 N–H and O–H groups in total. The molecular formula is C12H20N4O3. The van der Waals surface area contributed by atoms with Crippen LogP contribution in [-0.4, -0.2) is 38.3 Å². The predicted octanol–water partition coefficient (Wildman–Crippen LogP) is 0.219. The SMILES string of the molecule is CCOC(=O)c1nnn(CC2(O)CCCC2)c1CN. The van der Waals surface area contributed by atoms with E-state index >= 15 is 0 Å². The van der Waals surface area contributed by atoms with Crippen molar-refractivity contribution in [1.82, 2.24) is 15.0 Å². The Balaban J connectivity index is 2.19. The lowest BCUT2D eigenvalue weighted by Gasteiger charge is -2.22. The Morgan fingerprint density at radius 3 is 2.79 bits per heavy atom. The Morgan fingerprint density at radius 2 is 2.21 bits per heavy atom. The summed E-state index contributed by atoms with van der Waals surface area (Å²) in [7, 11) is 0. The number of carbonyl (C=O) groups is 1. The molecule has 0 saturated heterocycles. The highest BCUT2D eigenvalue weighted by Crippen LogP contribution is 2.31. The van der Waals surface area contributed by atoms with E-state index in [0.717, 1.165) is 25.7 Å². The van der Waals surface area contributed by atoms with Crippen LogP contribution in [0.3, 0.4) is 0 Å². The van der Waals surface area contributed by atoms with Gasteiger partial charge in [0.05, 0.1) is 24.4 Å². The molecule has 2 rings (SSSR count). The Kier molecular flexibility index (Phi) is 4.16. The lowest BCUT2D eigenvalue weighted by atomic mass is 10.0. The second-order valence-corrected chi connectivity index (χ2v) is 4.90. The summed E-state index contributed by atoms with van der Waals surface area (Å²) in [6.45, 7) is 2.47. The fourth-order valence-corrected chi connectivity index (χ4v) is 2.49. The van der Waals surface area contributed by atoms with Gasteiger partial charge in [0.25, 0.3) is 0 Å². The predicted molar refractivity (Wildman–Crippen MR) is 67.3 cm³/mol. The first-order chi connectivity index (χ1) is 9.09. The highest BCUT2D eigenvalue weighted by Gasteiger charge is 2.33. The van der Waals surface area contributed by atoms with E-state index in [1.807, 2.05) is 0 Å². The molecule has 0 amide bonds. The van der Waals surface area contributed by atoms with Crippen molar-refractivity contribution < 1.29 is 14.6 Å². The van der Waals surface area contributed by atoms with E-state index in [2.05, 4.69) is 10.3 Å². The van der Waals surface area contributed by atoms with E-state index in [0.29, 0.717) is 12.2 Å². The Labute approximate surface area is 111 Å². The van der Waals surface area contributed by atoms with Gasteiger partial charge in [0.1, 0.15) is 0 Å². The number of hydrogen-bond acceptors (Lipinski definition) is 6. The van der Waals surface area contributed by atoms with Crippen LogP contribution in [-0.2, 0) is 17.8 Å². The number of aromatic nitrogens is 3. The summed E-state index contributed by atoms with van der Waals surface area (Å²) in [5, 5.41) is 18.1. The minimum Gasteiger partial charge on any atom is -0.461 e. The van der Waals surface area contributed by atoms with Gasteiger partial charge in [0.2, 0.25) is 0 Å². The number of nitrogens with two attached hydrogens (primary N) is 1. The summed E-state index contributed by atoms with van der Waals surface area (Å²) >= 11 is 0. The monoisotopic (exact) mass is 268 g/mol. The summed E-state index contributed by atoms with van der Waals surface area (Å²) in [5.41, 5.74) is 5.55. The van der Waals surface area contributed by atoms with Gasteiger partial charge in [0.15, 0.2) is 5.69 Å². The van der Waals surface area contributed by atoms with E-state index in [4.69, 9.17) is 10.5 Å². The molecule has 19 heavy (non-hydrogen) atoms. The normalized spacial score (nSPS) is 17.6. The largest absolute Gasteiger partial charge is 0.461 e. The standard InChI is InChI=1S/C12H20N4O3/c1-2-19-11(17)10-9(7-13)16(15-14-10)8-12(18)5-3-4-6-12/h18H,2-8,13H2,1H3. The fourth-order valence-electron chi connectivity index (χ4n) is 2.49. The summed E-state index contributed by atoms with van der Waals surface area (Å²) in [6, 6.07) is 0. The lowest BCUT2D eigenvalue weighted by Crippen LogP contribution is -2.32. The van der Waals surface area contributed by atoms with Crippen molar-refractivity contribution in [2.75, 3.05) is 6.61 Å². The molecule has 7 heteroatoms. The van der Waals surface area contributed by atoms with Crippen molar-refractivity contribution >= 4 is 5.97 Å². The Bertz CT molecular complexity index is 452. The quantitative estimate of drug-likeness (QED) is 0.740. The number of esters is 1. The maximum absolute atomic E-state index is 11.7. The van der Waals surface area contributed by atoms with E-state index in [9.17, 15) is 9.90 Å². The van der Waals surface area contributed by atoms with Crippen LogP contribution in [0.5, 0.6) is 0 Å². The van der Waals surface area contributed by atoms with Crippen LogP contribution in [0.2, 0.25) is 0 Å². The van der Waals surface area contributed by atoms with Gasteiger partial charge in [-0.1, -0.05) is 18.1 Å². The maximum atomic E-state index is 11.7. The molecular weight excluding hydrogens is 248 g/mol. The number of ether oxygens (including phenoxy) is 1. The molecule has 1 aliphatic rings. The lowest BCUT2D eigenvalue weighted by molar-refractivity contribution is 0.0251. The number of carbonyl (C=O) groups excluding carboxylic acids is 1. The third-order valence-electron chi connectivity index (χ3n) is 3.48. The molecule has 1 aromatic heterocycles. The summed E-state index contributed by atoms with van der Waals surface area (Å²) in [6.07, 6.45) is 3.50. The van der Waals surface area contributed by atoms with E-state index in [1.165, 1.54) is 4.68 Å². The van der Waals surface area contributed by atoms with Gasteiger partial charge >= 0.3 is 5.97 Å². The summed E-state index contributed by atoms with van der Waals surface area (Å²) in [5.74, 6) is -0.521. The molecule has 1 fully saturated rings. The number of aliphatic hydroxyl groups is 1. The minimum atomic E-state index is -0.760. The van der Waals surface area contributed by atoms with Crippen LogP contribution < -0.4 is 5.73 Å². The molecule has 0 spiro atoms. The average molecular weight is 268 g/mol. The van der Waals surface area contributed by atoms with Gasteiger partial charge in [-0.3, -0.25) is 0 Å². The second kappa shape index (κ2) is 5.66. The van der Waals surface area contributed by atoms with Gasteiger partial charge < -0.3 is 15.6 Å². The van der Waals surface area contributed by atoms with Gasteiger partial charge in [-0.15, -0.1) is 5.10 Å². The van der Waals surface area contributed by atoms with Crippen molar-refractivity contribution in [3.8, 4) is 0 Å². The van der Waals surface area contributed by atoms with Gasteiger partial charge in [-0.25, -0.2) is 9.48 Å². The number of hydrogen-bond donors (Lipinski definition) is 2. The smallest absolute Gasteiger partial charge is 0.360 e. The zero-order valence-corrected chi connectivity index (χ0v) is 11.1. The van der Waals surface area contributed by atoms with E-state index in [-0.39, 0.29) is 18.8 Å². The molecule has 0 aliphatic heterocycles. The topological polar surface area (TPSA) is 103 Å². The minimum absolute atomic E-state index is 0.136. The molecule has 7 nitrogen and oxygen atoms in total. The zero-order chi connectivity index (χ0) is 13.9. The van der Waals surface area contributed by atoms with Crippen LogP contribution in [0.25, 0.3) is 0 Å². The number of rotatable bonds is 5. The molecule has 0 radical (unpaired) electrons. The van der Waals surface area contributed by atoms with Crippen LogP contribution >= 0.6 is 0 Å². The molecule has 0 unspecified atom stereocenters. The highest BCUT2D eigenvalue weighted by atomic mass is 16.5. The average Bonchev–Trinajstić information content (AvgIpc) is 2.96. The third kappa shape index (κ3) is 2.93. The van der Waals surface area contributed by atoms with Crippen molar-refractivity contribution in [3.63, 3.8) is 0 Å². The third-order valence-corrected chi connectivity index (χ3v) is 3.48. The van der Waals surface area contributed by atoms with Crippen LogP contribution in [0, 0.1) is 0 Å². The van der Waals surface area contributed by atoms with E-state index < -0.39 is 11.6 Å². The van der Waals surface area contributed by atoms with Crippen molar-refractivity contribution in [1.29, 1.82) is 0 Å². The highest BCUT2D eigenvalue weighted by molar-refractivity contribution is 5.88. The van der Waals surface area contributed by atoms with Crippen molar-refractivity contribution in [2.24, 2.45) is 5.73 Å². The van der Waals surface area contributed by atoms with Crippen molar-refractivity contribution in [2.45, 2.75) is 51.3 Å². The summed E-state index contributed by atoms with van der Waals surface area (Å²) in [4.78, 5) is 11.7. The number of nitrogens with zero attached hydrogens (tertiary/aromatic N) is 3. The Morgan fingerprint density at radius 1 is 1.53 bits per heavy atom. The Hall–Kier alpha value is -1.47. The summed E-state index contributed by atoms with van der Waals surface area (Å²) < 4.78 is 6.43. The van der Waals surface area contributed by atoms with Crippen LogP contribution in [0.15, 0.2) is 0 Å². The van der Waals surface area contributed by atoms with Crippen molar-refractivity contribution in [3.05, 3.63) is 11.4 Å². The molecule has 1 heterocycles. The molecule has 0 aromatic carbocycles. The van der Waals surface area contributed by atoms with Gasteiger partial charge in [-0.05, 0) is 19.8 Å². The first-order valence-electron chi connectivity index (χ1n) is 6.61. The first-order valence-corrected chi connectivity index (χ1v) is 6.61. The van der Waals surface area contributed by atoms with Gasteiger partial charge in [-0.2, -0.15) is 0 Å².